The molecular formula is C13H24O3. The molecule has 0 atom stereocenters. The number of ether oxygens (including phenoxy) is 1. The summed E-state index contributed by atoms with van der Waals surface area (Å²) in [5.74, 6) is -0.194. The van der Waals surface area contributed by atoms with Gasteiger partial charge in [0.2, 0.25) is 0 Å². The summed E-state index contributed by atoms with van der Waals surface area (Å²) in [6.07, 6.45) is 10.4. The second-order valence-corrected chi connectivity index (χ2v) is 3.89. The third kappa shape index (κ3) is 11.2. The Kier molecular flexibility index (Phi) is 11.6. The average molecular weight is 228 g/mol. The van der Waals surface area contributed by atoms with Gasteiger partial charge in [-0.15, -0.1) is 6.58 Å². The highest BCUT2D eigenvalue weighted by atomic mass is 16.5. The fourth-order valence-electron chi connectivity index (χ4n) is 1.50. The van der Waals surface area contributed by atoms with Crippen molar-refractivity contribution < 1.29 is 14.6 Å². The molecule has 0 aliphatic rings. The molecule has 0 aromatic heterocycles. The number of allylic oxidation sites excluding steroid dienone is 1. The Balaban J connectivity index is 3.08. The maximum absolute atomic E-state index is 11.0. The van der Waals surface area contributed by atoms with Crippen molar-refractivity contribution in [2.45, 2.75) is 51.4 Å². The number of carbonyl (C=O) groups excluding carboxylic acids is 1. The number of hydrogen-bond donors (Lipinski definition) is 1. The highest BCUT2D eigenvalue weighted by Gasteiger charge is 2.01. The summed E-state index contributed by atoms with van der Waals surface area (Å²) in [5, 5.41) is 8.44. The lowest BCUT2D eigenvalue weighted by Crippen LogP contribution is -2.07. The lowest BCUT2D eigenvalue weighted by molar-refractivity contribution is -0.144. The summed E-state index contributed by atoms with van der Waals surface area (Å²) >= 11 is 0. The summed E-state index contributed by atoms with van der Waals surface area (Å²) in [6, 6.07) is 0. The molecule has 0 saturated carbocycles. The van der Waals surface area contributed by atoms with Gasteiger partial charge in [0.1, 0.15) is 6.61 Å². The zero-order valence-electron chi connectivity index (χ0n) is 10.1. The van der Waals surface area contributed by atoms with Gasteiger partial charge in [0.05, 0.1) is 6.61 Å². The van der Waals surface area contributed by atoms with Crippen LogP contribution >= 0.6 is 0 Å². The molecule has 0 saturated heterocycles. The van der Waals surface area contributed by atoms with Crippen LogP contribution in [0.5, 0.6) is 0 Å². The van der Waals surface area contributed by atoms with Crippen molar-refractivity contribution in [2.75, 3.05) is 13.2 Å². The quantitative estimate of drug-likeness (QED) is 0.336. The van der Waals surface area contributed by atoms with Gasteiger partial charge in [-0.2, -0.15) is 0 Å². The summed E-state index contributed by atoms with van der Waals surface area (Å²) < 4.78 is 4.75. The molecule has 0 rings (SSSR count). The molecule has 0 spiro atoms. The molecule has 0 amide bonds. The van der Waals surface area contributed by atoms with Gasteiger partial charge < -0.3 is 9.84 Å². The normalized spacial score (nSPS) is 10.1. The standard InChI is InChI=1S/C13H24O3/c1-2-3-4-5-6-7-8-9-10-13(15)16-12-11-14/h2,14H,1,3-12H2. The monoisotopic (exact) mass is 228 g/mol. The molecule has 3 nitrogen and oxygen atoms in total. The Morgan fingerprint density at radius 1 is 1.12 bits per heavy atom. The molecule has 0 aromatic carbocycles. The van der Waals surface area contributed by atoms with Gasteiger partial charge in [-0.3, -0.25) is 4.79 Å². The third-order valence-corrected chi connectivity index (χ3v) is 2.39. The number of aliphatic hydroxyl groups excluding tert-OH is 1. The van der Waals surface area contributed by atoms with E-state index in [0.29, 0.717) is 6.42 Å². The zero-order valence-corrected chi connectivity index (χ0v) is 10.1. The van der Waals surface area contributed by atoms with Crippen molar-refractivity contribution in [2.24, 2.45) is 0 Å². The molecule has 0 bridgehead atoms. The van der Waals surface area contributed by atoms with Crippen LogP contribution in [-0.4, -0.2) is 24.3 Å². The fourth-order valence-corrected chi connectivity index (χ4v) is 1.50. The minimum absolute atomic E-state index is 0.0883. The number of esters is 1. The van der Waals surface area contributed by atoms with Crippen LogP contribution in [0.1, 0.15) is 51.4 Å². The Morgan fingerprint density at radius 3 is 2.38 bits per heavy atom. The molecular weight excluding hydrogens is 204 g/mol. The fraction of sp³-hybridized carbons (Fsp3) is 0.769. The molecule has 3 heteroatoms. The van der Waals surface area contributed by atoms with Crippen molar-refractivity contribution in [3.8, 4) is 0 Å². The first-order valence-electron chi connectivity index (χ1n) is 6.18. The highest BCUT2D eigenvalue weighted by Crippen LogP contribution is 2.09. The maximum Gasteiger partial charge on any atom is 0.305 e. The molecule has 94 valence electrons. The average Bonchev–Trinajstić information content (AvgIpc) is 2.30. The van der Waals surface area contributed by atoms with E-state index in [-0.39, 0.29) is 19.2 Å². The van der Waals surface area contributed by atoms with Crippen molar-refractivity contribution in [1.82, 2.24) is 0 Å². The first-order valence-corrected chi connectivity index (χ1v) is 6.18. The van der Waals surface area contributed by atoms with Crippen LogP contribution in [-0.2, 0) is 9.53 Å². The summed E-state index contributed by atoms with van der Waals surface area (Å²) in [7, 11) is 0. The van der Waals surface area contributed by atoms with E-state index in [0.717, 1.165) is 19.3 Å². The molecule has 0 unspecified atom stereocenters. The predicted molar refractivity (Wildman–Crippen MR) is 65.2 cm³/mol. The van der Waals surface area contributed by atoms with E-state index in [4.69, 9.17) is 9.84 Å². The van der Waals surface area contributed by atoms with Crippen molar-refractivity contribution in [3.63, 3.8) is 0 Å². The molecule has 0 aliphatic carbocycles. The molecule has 0 aliphatic heterocycles. The van der Waals surface area contributed by atoms with Gasteiger partial charge >= 0.3 is 5.97 Å². The largest absolute Gasteiger partial charge is 0.463 e. The number of rotatable bonds is 11. The van der Waals surface area contributed by atoms with Crippen molar-refractivity contribution in [3.05, 3.63) is 12.7 Å². The molecule has 0 heterocycles. The van der Waals surface area contributed by atoms with Crippen LogP contribution < -0.4 is 0 Å². The van der Waals surface area contributed by atoms with Crippen LogP contribution in [0, 0.1) is 0 Å². The summed E-state index contributed by atoms with van der Waals surface area (Å²) in [5.41, 5.74) is 0. The zero-order chi connectivity index (χ0) is 12.1. The molecule has 0 radical (unpaired) electrons. The molecule has 16 heavy (non-hydrogen) atoms. The van der Waals surface area contributed by atoms with Gasteiger partial charge in [0, 0.05) is 6.42 Å². The van der Waals surface area contributed by atoms with Gasteiger partial charge in [-0.25, -0.2) is 0 Å². The van der Waals surface area contributed by atoms with Gasteiger partial charge in [-0.1, -0.05) is 31.8 Å². The van der Waals surface area contributed by atoms with Crippen molar-refractivity contribution >= 4 is 5.97 Å². The second kappa shape index (κ2) is 12.2. The summed E-state index contributed by atoms with van der Waals surface area (Å²) in [4.78, 5) is 11.0. The van der Waals surface area contributed by atoms with Crippen LogP contribution in [0.15, 0.2) is 12.7 Å². The Hall–Kier alpha value is -0.830. The van der Waals surface area contributed by atoms with Crippen molar-refractivity contribution in [1.29, 1.82) is 0 Å². The first-order chi connectivity index (χ1) is 7.81. The third-order valence-electron chi connectivity index (χ3n) is 2.39. The molecule has 0 fully saturated rings. The van der Waals surface area contributed by atoms with Gasteiger partial charge in [0.25, 0.3) is 0 Å². The lowest BCUT2D eigenvalue weighted by atomic mass is 10.1. The topological polar surface area (TPSA) is 46.5 Å². The van der Waals surface area contributed by atoms with E-state index in [9.17, 15) is 4.79 Å². The number of aliphatic hydroxyl groups is 1. The maximum atomic E-state index is 11.0. The van der Waals surface area contributed by atoms with E-state index >= 15 is 0 Å². The number of unbranched alkanes of at least 4 members (excludes halogenated alkanes) is 6. The molecule has 0 aromatic rings. The number of hydrogen-bond acceptors (Lipinski definition) is 3. The highest BCUT2D eigenvalue weighted by molar-refractivity contribution is 5.69. The smallest absolute Gasteiger partial charge is 0.305 e. The molecule has 1 N–H and O–H groups in total. The number of carbonyl (C=O) groups is 1. The van der Waals surface area contributed by atoms with Crippen LogP contribution in [0.25, 0.3) is 0 Å². The Labute approximate surface area is 98.5 Å². The van der Waals surface area contributed by atoms with E-state index < -0.39 is 0 Å². The lowest BCUT2D eigenvalue weighted by Gasteiger charge is -2.02. The Morgan fingerprint density at radius 2 is 1.75 bits per heavy atom. The minimum Gasteiger partial charge on any atom is -0.463 e. The van der Waals surface area contributed by atoms with E-state index in [2.05, 4.69) is 6.58 Å². The summed E-state index contributed by atoms with van der Waals surface area (Å²) in [6.45, 7) is 3.72. The Bertz CT molecular complexity index is 178. The van der Waals surface area contributed by atoms with Gasteiger partial charge in [0.15, 0.2) is 0 Å². The minimum atomic E-state index is -0.194. The predicted octanol–water partition coefficient (Wildman–Crippen LogP) is 2.83. The van der Waals surface area contributed by atoms with E-state index in [1.807, 2.05) is 6.08 Å². The van der Waals surface area contributed by atoms with E-state index in [1.54, 1.807) is 0 Å². The van der Waals surface area contributed by atoms with Crippen LogP contribution in [0.4, 0.5) is 0 Å². The van der Waals surface area contributed by atoms with Gasteiger partial charge in [-0.05, 0) is 19.3 Å². The van der Waals surface area contributed by atoms with Crippen LogP contribution in [0.2, 0.25) is 0 Å². The SMILES string of the molecule is C=CCCCCCCCCC(=O)OCCO. The first kappa shape index (κ1) is 15.2. The van der Waals surface area contributed by atoms with Crippen LogP contribution in [0.3, 0.4) is 0 Å². The second-order valence-electron chi connectivity index (χ2n) is 3.89. The van der Waals surface area contributed by atoms with E-state index in [1.165, 1.54) is 25.7 Å².